The van der Waals surface area contributed by atoms with Crippen molar-refractivity contribution in [1.82, 2.24) is 4.90 Å². The molecule has 0 aromatic heterocycles. The van der Waals surface area contributed by atoms with Crippen molar-refractivity contribution in [3.8, 4) is 5.75 Å². The van der Waals surface area contributed by atoms with Gasteiger partial charge in [-0.2, -0.15) is 13.2 Å². The second-order valence-electron chi connectivity index (χ2n) is 8.28. The fourth-order valence-electron chi connectivity index (χ4n) is 2.56. The third kappa shape index (κ3) is 4.85. The minimum absolute atomic E-state index is 0.103. The average Bonchev–Trinajstić information content (AvgIpc) is 2.53. The fraction of sp³-hybridized carbons (Fsp3) is 0.526. The van der Waals surface area contributed by atoms with E-state index in [9.17, 15) is 18.0 Å². The van der Waals surface area contributed by atoms with Crippen LogP contribution in [0.1, 0.15) is 38.3 Å². The first-order valence-corrected chi connectivity index (χ1v) is 11.7. The van der Waals surface area contributed by atoms with E-state index >= 15 is 0 Å². The highest BCUT2D eigenvalue weighted by molar-refractivity contribution is 6.74. The molecule has 150 valence electrons. The first-order valence-electron chi connectivity index (χ1n) is 8.80. The molecule has 0 radical (unpaired) electrons. The van der Waals surface area contributed by atoms with Crippen molar-refractivity contribution in [3.05, 3.63) is 35.4 Å². The Labute approximate surface area is 158 Å². The van der Waals surface area contributed by atoms with Crippen LogP contribution >= 0.6 is 0 Å². The molecule has 8 heteroatoms. The molecule has 0 bridgehead atoms. The lowest BCUT2D eigenvalue weighted by Crippen LogP contribution is -2.44. The van der Waals surface area contributed by atoms with E-state index in [1.807, 2.05) is 13.1 Å². The summed E-state index contributed by atoms with van der Waals surface area (Å²) in [5, 5.41) is 8.97. The van der Waals surface area contributed by atoms with Crippen LogP contribution in [-0.4, -0.2) is 37.5 Å². The molecule has 1 aliphatic rings. The minimum atomic E-state index is -4.45. The van der Waals surface area contributed by atoms with E-state index in [4.69, 9.17) is 9.53 Å². The molecule has 1 aromatic carbocycles. The number of hydrogen-bond donors (Lipinski definition) is 1. The molecule has 0 saturated heterocycles. The highest BCUT2D eigenvalue weighted by Gasteiger charge is 2.40. The quantitative estimate of drug-likeness (QED) is 0.646. The fourth-order valence-corrected chi connectivity index (χ4v) is 3.60. The molecule has 1 aliphatic heterocycles. The van der Waals surface area contributed by atoms with Gasteiger partial charge in [-0.1, -0.05) is 26.8 Å². The normalized spacial score (nSPS) is 16.1. The van der Waals surface area contributed by atoms with Crippen molar-refractivity contribution in [3.63, 3.8) is 0 Å². The van der Waals surface area contributed by atoms with Gasteiger partial charge in [0, 0.05) is 18.7 Å². The number of benzene rings is 1. The zero-order valence-electron chi connectivity index (χ0n) is 16.3. The SMILES string of the molecule is CC(C)(C)[Si](C)(C)Oc1ccc(C(F)(F)F)cc1C1=CCN(C(=O)O)CC1. The molecule has 0 fully saturated rings. The van der Waals surface area contributed by atoms with E-state index in [0.717, 1.165) is 12.1 Å². The summed E-state index contributed by atoms with van der Waals surface area (Å²) in [4.78, 5) is 12.3. The second kappa shape index (κ2) is 7.22. The topological polar surface area (TPSA) is 49.8 Å². The van der Waals surface area contributed by atoms with E-state index in [1.54, 1.807) is 6.08 Å². The average molecular weight is 402 g/mol. The Balaban J connectivity index is 2.48. The van der Waals surface area contributed by atoms with Crippen LogP contribution in [-0.2, 0) is 6.18 Å². The van der Waals surface area contributed by atoms with Crippen LogP contribution in [0.4, 0.5) is 18.0 Å². The number of hydrogen-bond acceptors (Lipinski definition) is 2. The predicted molar refractivity (Wildman–Crippen MR) is 101 cm³/mol. The number of rotatable bonds is 3. The lowest BCUT2D eigenvalue weighted by molar-refractivity contribution is -0.137. The molecule has 0 saturated carbocycles. The van der Waals surface area contributed by atoms with Gasteiger partial charge in [0.2, 0.25) is 0 Å². The van der Waals surface area contributed by atoms with Crippen LogP contribution in [0.3, 0.4) is 0 Å². The third-order valence-electron chi connectivity index (χ3n) is 5.30. The van der Waals surface area contributed by atoms with Gasteiger partial charge in [0.05, 0.1) is 5.56 Å². The number of carboxylic acid groups (broad SMARTS) is 1. The summed E-state index contributed by atoms with van der Waals surface area (Å²) in [5.74, 6) is 0.435. The Morgan fingerprint density at radius 1 is 1.22 bits per heavy atom. The molecule has 1 aromatic rings. The van der Waals surface area contributed by atoms with Crippen LogP contribution < -0.4 is 4.43 Å². The standard InChI is InChI=1S/C19H26F3NO3Si/c1-18(2,3)27(4,5)26-16-7-6-14(19(20,21)22)12-15(16)13-8-10-23(11-9-13)17(24)25/h6-8,12H,9-11H2,1-5H3,(H,24,25). The van der Waals surface area contributed by atoms with Crippen LogP contribution in [0, 0.1) is 0 Å². The highest BCUT2D eigenvalue weighted by Crippen LogP contribution is 2.42. The lowest BCUT2D eigenvalue weighted by Gasteiger charge is -2.37. The summed E-state index contributed by atoms with van der Waals surface area (Å²) in [6.07, 6.45) is -3.47. The minimum Gasteiger partial charge on any atom is -0.543 e. The van der Waals surface area contributed by atoms with E-state index in [2.05, 4.69) is 20.8 Å². The second-order valence-corrected chi connectivity index (χ2v) is 13.0. The Morgan fingerprint density at radius 2 is 1.85 bits per heavy atom. The van der Waals surface area contributed by atoms with Crippen molar-refractivity contribution in [2.75, 3.05) is 13.1 Å². The van der Waals surface area contributed by atoms with Crippen molar-refractivity contribution in [1.29, 1.82) is 0 Å². The molecule has 27 heavy (non-hydrogen) atoms. The van der Waals surface area contributed by atoms with Crippen LogP contribution in [0.2, 0.25) is 18.1 Å². The van der Waals surface area contributed by atoms with Crippen molar-refractivity contribution in [2.24, 2.45) is 0 Å². The van der Waals surface area contributed by atoms with Gasteiger partial charge < -0.3 is 14.4 Å². The zero-order valence-corrected chi connectivity index (χ0v) is 17.3. The summed E-state index contributed by atoms with van der Waals surface area (Å²) < 4.78 is 46.0. The number of halogens is 3. The zero-order chi connectivity index (χ0) is 20.6. The van der Waals surface area contributed by atoms with Gasteiger partial charge in [0.25, 0.3) is 8.32 Å². The summed E-state index contributed by atoms with van der Waals surface area (Å²) >= 11 is 0. The Kier molecular flexibility index (Phi) is 5.71. The van der Waals surface area contributed by atoms with Crippen LogP contribution in [0.5, 0.6) is 5.75 Å². The highest BCUT2D eigenvalue weighted by atomic mass is 28.4. The van der Waals surface area contributed by atoms with E-state index in [0.29, 0.717) is 23.3 Å². The molecule has 0 aliphatic carbocycles. The molecule has 1 heterocycles. The van der Waals surface area contributed by atoms with E-state index in [1.165, 1.54) is 11.0 Å². The predicted octanol–water partition coefficient (Wildman–Crippen LogP) is 5.86. The van der Waals surface area contributed by atoms with Crippen molar-refractivity contribution < 1.29 is 27.5 Å². The van der Waals surface area contributed by atoms with Gasteiger partial charge in [-0.3, -0.25) is 0 Å². The first kappa shape index (κ1) is 21.3. The summed E-state index contributed by atoms with van der Waals surface area (Å²) in [6, 6.07) is 3.55. The largest absolute Gasteiger partial charge is 0.543 e. The van der Waals surface area contributed by atoms with Crippen molar-refractivity contribution >= 4 is 20.0 Å². The molecular formula is C19H26F3NO3Si. The van der Waals surface area contributed by atoms with Gasteiger partial charge >= 0.3 is 12.3 Å². The smallest absolute Gasteiger partial charge is 0.416 e. The van der Waals surface area contributed by atoms with Crippen LogP contribution in [0.25, 0.3) is 5.57 Å². The van der Waals surface area contributed by atoms with E-state index < -0.39 is 26.2 Å². The third-order valence-corrected chi connectivity index (χ3v) is 9.65. The monoisotopic (exact) mass is 401 g/mol. The number of carbonyl (C=O) groups is 1. The number of amides is 1. The van der Waals surface area contributed by atoms with E-state index in [-0.39, 0.29) is 18.1 Å². The summed E-state index contributed by atoms with van der Waals surface area (Å²) in [7, 11) is -2.25. The van der Waals surface area contributed by atoms with Gasteiger partial charge in [-0.15, -0.1) is 0 Å². The maximum Gasteiger partial charge on any atom is 0.416 e. The molecule has 1 N–H and O–H groups in total. The first-order chi connectivity index (χ1) is 12.2. The Bertz CT molecular complexity index is 752. The molecule has 0 spiro atoms. The molecule has 4 nitrogen and oxygen atoms in total. The molecule has 0 unspecified atom stereocenters. The number of alkyl halides is 3. The Hall–Kier alpha value is -1.96. The number of nitrogens with zero attached hydrogens (tertiary/aromatic N) is 1. The molecule has 1 amide bonds. The lowest BCUT2D eigenvalue weighted by atomic mass is 9.96. The maximum absolute atomic E-state index is 13.2. The van der Waals surface area contributed by atoms with Gasteiger partial charge in [-0.05, 0) is 48.3 Å². The molecular weight excluding hydrogens is 375 g/mol. The van der Waals surface area contributed by atoms with Crippen LogP contribution in [0.15, 0.2) is 24.3 Å². The summed E-state index contributed by atoms with van der Waals surface area (Å²) in [6.45, 7) is 10.7. The summed E-state index contributed by atoms with van der Waals surface area (Å²) in [5.41, 5.74) is 0.355. The van der Waals surface area contributed by atoms with Gasteiger partial charge in [0.1, 0.15) is 5.75 Å². The maximum atomic E-state index is 13.2. The van der Waals surface area contributed by atoms with Crippen molar-refractivity contribution in [2.45, 2.75) is 51.5 Å². The van der Waals surface area contributed by atoms with Gasteiger partial charge in [-0.25, -0.2) is 4.79 Å². The van der Waals surface area contributed by atoms with Gasteiger partial charge in [0.15, 0.2) is 0 Å². The molecule has 2 rings (SSSR count). The molecule has 0 atom stereocenters. The Morgan fingerprint density at radius 3 is 2.30 bits per heavy atom.